The Morgan fingerprint density at radius 3 is 2.25 bits per heavy atom. The molecule has 0 heterocycles. The van der Waals surface area contributed by atoms with E-state index in [-0.39, 0.29) is 11.9 Å². The Kier molecular flexibility index (Phi) is 10.8. The summed E-state index contributed by atoms with van der Waals surface area (Å²) in [6.45, 7) is 8.74. The number of alkyl carbamates (subject to hydrolysis) is 1. The summed E-state index contributed by atoms with van der Waals surface area (Å²) in [5.41, 5.74) is 0. The topological polar surface area (TPSA) is 64.6 Å². The molecule has 0 aliphatic heterocycles. The zero-order chi connectivity index (χ0) is 15.4. The molecule has 1 amide bonds. The summed E-state index contributed by atoms with van der Waals surface area (Å²) in [5.74, 6) is -0.0975. The first-order chi connectivity index (χ1) is 9.51. The number of amides is 1. The van der Waals surface area contributed by atoms with Gasteiger partial charge in [0.15, 0.2) is 0 Å². The standard InChI is InChI=1S/C15H29NO4/c1-5-7-9-13(14(17)19-10-8-6-2)16-15(18)20-11-12(3)4/h12-13H,5-11H2,1-4H3,(H,16,18). The van der Waals surface area contributed by atoms with Gasteiger partial charge < -0.3 is 14.8 Å². The van der Waals surface area contributed by atoms with Gasteiger partial charge >= 0.3 is 12.1 Å². The summed E-state index contributed by atoms with van der Waals surface area (Å²) in [6, 6.07) is -0.605. The fraction of sp³-hybridized carbons (Fsp3) is 0.867. The molecule has 1 N–H and O–H groups in total. The minimum absolute atomic E-state index is 0.270. The van der Waals surface area contributed by atoms with Crippen LogP contribution in [0.4, 0.5) is 4.79 Å². The van der Waals surface area contributed by atoms with E-state index in [1.54, 1.807) is 0 Å². The number of esters is 1. The van der Waals surface area contributed by atoms with Crippen molar-refractivity contribution in [3.8, 4) is 0 Å². The predicted molar refractivity (Wildman–Crippen MR) is 78.5 cm³/mol. The quantitative estimate of drug-likeness (QED) is 0.495. The van der Waals surface area contributed by atoms with Gasteiger partial charge in [-0.3, -0.25) is 0 Å². The van der Waals surface area contributed by atoms with E-state index < -0.39 is 12.1 Å². The number of unbranched alkanes of at least 4 members (excludes halogenated alkanes) is 2. The smallest absolute Gasteiger partial charge is 0.407 e. The van der Waals surface area contributed by atoms with Crippen LogP contribution in [-0.2, 0) is 14.3 Å². The van der Waals surface area contributed by atoms with E-state index in [0.29, 0.717) is 19.6 Å². The second kappa shape index (κ2) is 11.6. The molecular formula is C15H29NO4. The molecule has 0 saturated heterocycles. The zero-order valence-electron chi connectivity index (χ0n) is 13.2. The molecule has 0 aliphatic carbocycles. The molecule has 20 heavy (non-hydrogen) atoms. The van der Waals surface area contributed by atoms with Crippen LogP contribution in [0.1, 0.15) is 59.8 Å². The highest BCUT2D eigenvalue weighted by atomic mass is 16.6. The maximum atomic E-state index is 11.9. The highest BCUT2D eigenvalue weighted by Gasteiger charge is 2.22. The van der Waals surface area contributed by atoms with Crippen LogP contribution < -0.4 is 5.32 Å². The molecule has 118 valence electrons. The summed E-state index contributed by atoms with van der Waals surface area (Å²) in [6.07, 6.45) is 3.66. The summed E-state index contributed by atoms with van der Waals surface area (Å²) in [7, 11) is 0. The van der Waals surface area contributed by atoms with Crippen molar-refractivity contribution in [1.82, 2.24) is 5.32 Å². The third-order valence-electron chi connectivity index (χ3n) is 2.71. The number of hydrogen-bond donors (Lipinski definition) is 1. The molecule has 0 radical (unpaired) electrons. The van der Waals surface area contributed by atoms with E-state index in [4.69, 9.17) is 9.47 Å². The average molecular weight is 287 g/mol. The summed E-state index contributed by atoms with van der Waals surface area (Å²) in [5, 5.41) is 2.60. The van der Waals surface area contributed by atoms with Gasteiger partial charge in [-0.15, -0.1) is 0 Å². The van der Waals surface area contributed by atoms with Crippen LogP contribution in [0.25, 0.3) is 0 Å². The maximum Gasteiger partial charge on any atom is 0.407 e. The van der Waals surface area contributed by atoms with Crippen molar-refractivity contribution in [3.05, 3.63) is 0 Å². The molecule has 5 nitrogen and oxygen atoms in total. The molecule has 0 fully saturated rings. The van der Waals surface area contributed by atoms with E-state index in [0.717, 1.165) is 25.7 Å². The molecule has 1 atom stereocenters. The molecule has 0 saturated carbocycles. The Bertz CT molecular complexity index is 279. The Labute approximate surface area is 122 Å². The van der Waals surface area contributed by atoms with Crippen LogP contribution in [0.3, 0.4) is 0 Å². The van der Waals surface area contributed by atoms with E-state index in [1.165, 1.54) is 0 Å². The molecule has 0 aromatic carbocycles. The summed E-state index contributed by atoms with van der Waals surface area (Å²) in [4.78, 5) is 23.5. The summed E-state index contributed by atoms with van der Waals surface area (Å²) < 4.78 is 10.2. The molecule has 0 aromatic heterocycles. The Morgan fingerprint density at radius 2 is 1.70 bits per heavy atom. The van der Waals surface area contributed by atoms with Crippen molar-refractivity contribution >= 4 is 12.1 Å². The molecule has 0 rings (SSSR count). The largest absolute Gasteiger partial charge is 0.464 e. The van der Waals surface area contributed by atoms with Gasteiger partial charge in [0.2, 0.25) is 0 Å². The molecule has 0 aliphatic rings. The van der Waals surface area contributed by atoms with Crippen LogP contribution in [-0.4, -0.2) is 31.3 Å². The van der Waals surface area contributed by atoms with Gasteiger partial charge in [-0.05, 0) is 18.8 Å². The predicted octanol–water partition coefficient (Wildman–Crippen LogP) is 3.27. The third kappa shape index (κ3) is 9.64. The van der Waals surface area contributed by atoms with Crippen LogP contribution in [0.15, 0.2) is 0 Å². The first-order valence-corrected chi connectivity index (χ1v) is 7.61. The van der Waals surface area contributed by atoms with Gasteiger partial charge in [-0.2, -0.15) is 0 Å². The van der Waals surface area contributed by atoms with Crippen LogP contribution in [0, 0.1) is 5.92 Å². The van der Waals surface area contributed by atoms with Crippen molar-refractivity contribution in [1.29, 1.82) is 0 Å². The van der Waals surface area contributed by atoms with Gasteiger partial charge in [0, 0.05) is 0 Å². The number of carbonyl (C=O) groups excluding carboxylic acids is 2. The Balaban J connectivity index is 4.24. The molecule has 5 heteroatoms. The first-order valence-electron chi connectivity index (χ1n) is 7.61. The van der Waals surface area contributed by atoms with Crippen molar-refractivity contribution in [2.24, 2.45) is 5.92 Å². The van der Waals surface area contributed by atoms with Crippen LogP contribution in [0.2, 0.25) is 0 Å². The third-order valence-corrected chi connectivity index (χ3v) is 2.71. The minimum Gasteiger partial charge on any atom is -0.464 e. The van der Waals surface area contributed by atoms with Crippen LogP contribution >= 0.6 is 0 Å². The molecule has 0 bridgehead atoms. The van der Waals surface area contributed by atoms with Gasteiger partial charge in [-0.1, -0.05) is 47.0 Å². The lowest BCUT2D eigenvalue weighted by Gasteiger charge is -2.17. The van der Waals surface area contributed by atoms with Crippen molar-refractivity contribution in [3.63, 3.8) is 0 Å². The fourth-order valence-corrected chi connectivity index (χ4v) is 1.50. The summed E-state index contributed by atoms with van der Waals surface area (Å²) >= 11 is 0. The SMILES string of the molecule is CCCCOC(=O)C(CCCC)NC(=O)OCC(C)C. The highest BCUT2D eigenvalue weighted by molar-refractivity contribution is 5.81. The second-order valence-corrected chi connectivity index (χ2v) is 5.35. The zero-order valence-corrected chi connectivity index (χ0v) is 13.2. The van der Waals surface area contributed by atoms with Gasteiger partial charge in [0.25, 0.3) is 0 Å². The highest BCUT2D eigenvalue weighted by Crippen LogP contribution is 2.05. The van der Waals surface area contributed by atoms with Gasteiger partial charge in [0.1, 0.15) is 6.04 Å². The lowest BCUT2D eigenvalue weighted by atomic mass is 10.1. The van der Waals surface area contributed by atoms with Crippen molar-refractivity contribution in [2.75, 3.05) is 13.2 Å². The molecule has 0 spiro atoms. The Morgan fingerprint density at radius 1 is 1.05 bits per heavy atom. The second-order valence-electron chi connectivity index (χ2n) is 5.35. The van der Waals surface area contributed by atoms with Crippen LogP contribution in [0.5, 0.6) is 0 Å². The number of nitrogens with one attached hydrogen (secondary N) is 1. The Hall–Kier alpha value is -1.26. The number of hydrogen-bond acceptors (Lipinski definition) is 4. The minimum atomic E-state index is -0.605. The van der Waals surface area contributed by atoms with Crippen molar-refractivity contribution in [2.45, 2.75) is 65.8 Å². The number of rotatable bonds is 10. The monoisotopic (exact) mass is 287 g/mol. The lowest BCUT2D eigenvalue weighted by molar-refractivity contribution is -0.146. The fourth-order valence-electron chi connectivity index (χ4n) is 1.50. The molecule has 1 unspecified atom stereocenters. The van der Waals surface area contributed by atoms with Crippen molar-refractivity contribution < 1.29 is 19.1 Å². The molecule has 0 aromatic rings. The van der Waals surface area contributed by atoms with E-state index in [1.807, 2.05) is 27.7 Å². The number of ether oxygens (including phenoxy) is 2. The average Bonchev–Trinajstić information content (AvgIpc) is 2.41. The van der Waals surface area contributed by atoms with E-state index in [2.05, 4.69) is 5.32 Å². The van der Waals surface area contributed by atoms with E-state index >= 15 is 0 Å². The molecular weight excluding hydrogens is 258 g/mol. The lowest BCUT2D eigenvalue weighted by Crippen LogP contribution is -2.42. The number of carbonyl (C=O) groups is 2. The first kappa shape index (κ1) is 18.7. The normalized spacial score (nSPS) is 12.1. The van der Waals surface area contributed by atoms with Gasteiger partial charge in [0.05, 0.1) is 13.2 Å². The van der Waals surface area contributed by atoms with Gasteiger partial charge in [-0.25, -0.2) is 9.59 Å². The maximum absolute atomic E-state index is 11.9. The van der Waals surface area contributed by atoms with E-state index in [9.17, 15) is 9.59 Å².